The number of aromatic nitrogens is 2. The lowest BCUT2D eigenvalue weighted by molar-refractivity contribution is 0.0935. The Balaban J connectivity index is 1.76. The number of carbonyl (C=O) groups is 1. The standard InChI is InChI=1S/C18H18N4O5S/c1-24-12-7-6-11(9-14(12)25-2)27-16-10-15(19-18(20-16)28-3)21-22-17(23)13-5-4-8-26-13/h4-10H,1-3H3,(H,22,23)(H,19,20,21). The third kappa shape index (κ3) is 4.65. The molecule has 0 aliphatic carbocycles. The number of amides is 1. The number of benzene rings is 1. The molecule has 0 bridgehead atoms. The van der Waals surface area contributed by atoms with E-state index in [1.807, 2.05) is 6.26 Å². The van der Waals surface area contributed by atoms with Gasteiger partial charge in [-0.15, -0.1) is 0 Å². The maximum Gasteiger partial charge on any atom is 0.305 e. The molecule has 146 valence electrons. The molecule has 2 heterocycles. The Kier molecular flexibility index (Phi) is 6.22. The van der Waals surface area contributed by atoms with Crippen molar-refractivity contribution >= 4 is 23.5 Å². The molecule has 0 fully saturated rings. The van der Waals surface area contributed by atoms with Crippen molar-refractivity contribution in [1.82, 2.24) is 15.4 Å². The van der Waals surface area contributed by atoms with Gasteiger partial charge >= 0.3 is 5.91 Å². The first kappa shape index (κ1) is 19.4. The van der Waals surface area contributed by atoms with Gasteiger partial charge in [0.15, 0.2) is 28.2 Å². The second kappa shape index (κ2) is 9.00. The highest BCUT2D eigenvalue weighted by Crippen LogP contribution is 2.33. The zero-order chi connectivity index (χ0) is 19.9. The molecule has 1 amide bonds. The molecule has 0 aliphatic heterocycles. The molecule has 0 radical (unpaired) electrons. The summed E-state index contributed by atoms with van der Waals surface area (Å²) in [5.41, 5.74) is 5.23. The normalized spacial score (nSPS) is 10.2. The second-order valence-electron chi connectivity index (χ2n) is 5.25. The molecule has 0 aliphatic rings. The van der Waals surface area contributed by atoms with Gasteiger partial charge in [-0.2, -0.15) is 4.98 Å². The average Bonchev–Trinajstić information content (AvgIpc) is 3.26. The van der Waals surface area contributed by atoms with Crippen molar-refractivity contribution in [2.45, 2.75) is 5.16 Å². The molecule has 9 nitrogen and oxygen atoms in total. The van der Waals surface area contributed by atoms with Crippen LogP contribution >= 0.6 is 11.8 Å². The Morgan fingerprint density at radius 3 is 2.61 bits per heavy atom. The van der Waals surface area contributed by atoms with Crippen molar-refractivity contribution < 1.29 is 23.4 Å². The number of nitrogens with one attached hydrogen (secondary N) is 2. The first-order valence-corrected chi connectivity index (χ1v) is 9.28. The molecule has 0 atom stereocenters. The first-order chi connectivity index (χ1) is 13.6. The van der Waals surface area contributed by atoms with Crippen LogP contribution in [0.15, 0.2) is 52.2 Å². The zero-order valence-corrected chi connectivity index (χ0v) is 16.2. The highest BCUT2D eigenvalue weighted by atomic mass is 32.2. The van der Waals surface area contributed by atoms with E-state index < -0.39 is 5.91 Å². The van der Waals surface area contributed by atoms with Crippen LogP contribution in [0.5, 0.6) is 23.1 Å². The number of ether oxygens (including phenoxy) is 3. The van der Waals surface area contributed by atoms with Gasteiger partial charge < -0.3 is 18.6 Å². The van der Waals surface area contributed by atoms with Crippen molar-refractivity contribution in [3.05, 3.63) is 48.4 Å². The third-order valence-corrected chi connectivity index (χ3v) is 4.04. The number of rotatable bonds is 8. The lowest BCUT2D eigenvalue weighted by Gasteiger charge is -2.12. The second-order valence-corrected chi connectivity index (χ2v) is 6.03. The number of carbonyl (C=O) groups excluding carboxylic acids is 1. The average molecular weight is 402 g/mol. The summed E-state index contributed by atoms with van der Waals surface area (Å²) in [5.74, 6) is 2.02. The minimum Gasteiger partial charge on any atom is -0.493 e. The predicted octanol–water partition coefficient (Wildman–Crippen LogP) is 3.36. The summed E-state index contributed by atoms with van der Waals surface area (Å²) in [6, 6.07) is 9.88. The lowest BCUT2D eigenvalue weighted by atomic mass is 10.3. The number of thioether (sulfide) groups is 1. The molecule has 3 aromatic rings. The fraction of sp³-hybridized carbons (Fsp3) is 0.167. The molecule has 2 N–H and O–H groups in total. The van der Waals surface area contributed by atoms with Gasteiger partial charge in [-0.25, -0.2) is 4.98 Å². The van der Waals surface area contributed by atoms with Gasteiger partial charge in [0.2, 0.25) is 5.88 Å². The Morgan fingerprint density at radius 1 is 1.11 bits per heavy atom. The van der Waals surface area contributed by atoms with E-state index in [0.29, 0.717) is 34.1 Å². The van der Waals surface area contributed by atoms with Crippen LogP contribution in [0.2, 0.25) is 0 Å². The third-order valence-electron chi connectivity index (χ3n) is 3.49. The van der Waals surface area contributed by atoms with Gasteiger partial charge in [0.05, 0.1) is 20.5 Å². The molecular formula is C18H18N4O5S. The maximum atomic E-state index is 12.0. The van der Waals surface area contributed by atoms with E-state index in [-0.39, 0.29) is 5.76 Å². The van der Waals surface area contributed by atoms with Gasteiger partial charge in [0, 0.05) is 12.1 Å². The number of anilines is 1. The molecule has 0 saturated heterocycles. The van der Waals surface area contributed by atoms with Crippen LogP contribution in [0.1, 0.15) is 10.6 Å². The summed E-state index contributed by atoms with van der Waals surface area (Å²) < 4.78 is 21.3. The van der Waals surface area contributed by atoms with Crippen molar-refractivity contribution in [2.24, 2.45) is 0 Å². The highest BCUT2D eigenvalue weighted by molar-refractivity contribution is 7.98. The summed E-state index contributed by atoms with van der Waals surface area (Å²) >= 11 is 1.34. The summed E-state index contributed by atoms with van der Waals surface area (Å²) in [6.07, 6.45) is 3.25. The van der Waals surface area contributed by atoms with Crippen LogP contribution in [-0.4, -0.2) is 36.4 Å². The van der Waals surface area contributed by atoms with Crippen LogP contribution < -0.4 is 25.1 Å². The van der Waals surface area contributed by atoms with E-state index in [4.69, 9.17) is 18.6 Å². The fourth-order valence-electron chi connectivity index (χ4n) is 2.20. The van der Waals surface area contributed by atoms with Gasteiger partial charge in [-0.3, -0.25) is 15.6 Å². The van der Waals surface area contributed by atoms with Crippen LogP contribution in [0.25, 0.3) is 0 Å². The van der Waals surface area contributed by atoms with E-state index in [1.54, 1.807) is 50.6 Å². The number of hydrogen-bond donors (Lipinski definition) is 2. The molecule has 0 unspecified atom stereocenters. The fourth-order valence-corrected chi connectivity index (χ4v) is 2.57. The molecule has 10 heteroatoms. The summed E-state index contributed by atoms with van der Waals surface area (Å²) in [4.78, 5) is 20.6. The molecule has 3 rings (SSSR count). The summed E-state index contributed by atoms with van der Waals surface area (Å²) in [6.45, 7) is 0. The van der Waals surface area contributed by atoms with Crippen molar-refractivity contribution in [2.75, 3.05) is 25.9 Å². The van der Waals surface area contributed by atoms with E-state index in [0.717, 1.165) is 0 Å². The maximum absolute atomic E-state index is 12.0. The minimum atomic E-state index is -0.434. The Hall–Kier alpha value is -3.40. The molecule has 2 aromatic heterocycles. The van der Waals surface area contributed by atoms with E-state index in [9.17, 15) is 4.79 Å². The smallest absolute Gasteiger partial charge is 0.305 e. The Morgan fingerprint density at radius 2 is 1.93 bits per heavy atom. The zero-order valence-electron chi connectivity index (χ0n) is 15.4. The number of furan rings is 1. The number of hydrogen-bond acceptors (Lipinski definition) is 9. The van der Waals surface area contributed by atoms with Gasteiger partial charge in [0.25, 0.3) is 0 Å². The topological polar surface area (TPSA) is 108 Å². The summed E-state index contributed by atoms with van der Waals surface area (Å²) in [5, 5.41) is 0.465. The van der Waals surface area contributed by atoms with Crippen molar-refractivity contribution in [3.63, 3.8) is 0 Å². The lowest BCUT2D eigenvalue weighted by Crippen LogP contribution is -2.29. The highest BCUT2D eigenvalue weighted by Gasteiger charge is 2.11. The van der Waals surface area contributed by atoms with E-state index in [2.05, 4.69) is 20.8 Å². The predicted molar refractivity (Wildman–Crippen MR) is 103 cm³/mol. The number of methoxy groups -OCH3 is 2. The molecular weight excluding hydrogens is 384 g/mol. The van der Waals surface area contributed by atoms with Crippen molar-refractivity contribution in [3.8, 4) is 23.1 Å². The monoisotopic (exact) mass is 402 g/mol. The Labute approximate surface area is 165 Å². The van der Waals surface area contributed by atoms with Crippen LogP contribution in [-0.2, 0) is 0 Å². The minimum absolute atomic E-state index is 0.174. The van der Waals surface area contributed by atoms with Gasteiger partial charge in [0.1, 0.15) is 5.75 Å². The number of nitrogens with zero attached hydrogens (tertiary/aromatic N) is 2. The van der Waals surface area contributed by atoms with Crippen molar-refractivity contribution in [1.29, 1.82) is 0 Å². The largest absolute Gasteiger partial charge is 0.493 e. The molecule has 0 saturated carbocycles. The molecule has 28 heavy (non-hydrogen) atoms. The van der Waals surface area contributed by atoms with E-state index >= 15 is 0 Å². The van der Waals surface area contributed by atoms with Gasteiger partial charge in [-0.1, -0.05) is 11.8 Å². The SMILES string of the molecule is COc1ccc(Oc2cc(NNC(=O)c3ccco3)nc(SC)n2)cc1OC. The van der Waals surface area contributed by atoms with Gasteiger partial charge in [-0.05, 0) is 30.5 Å². The molecule has 1 aromatic carbocycles. The Bertz CT molecular complexity index is 949. The van der Waals surface area contributed by atoms with Crippen LogP contribution in [0, 0.1) is 0 Å². The quantitative estimate of drug-likeness (QED) is 0.333. The molecule has 0 spiro atoms. The van der Waals surface area contributed by atoms with Crippen LogP contribution in [0.3, 0.4) is 0 Å². The van der Waals surface area contributed by atoms with Crippen LogP contribution in [0.4, 0.5) is 5.82 Å². The summed E-state index contributed by atoms with van der Waals surface area (Å²) in [7, 11) is 3.10. The number of hydrazine groups is 1. The first-order valence-electron chi connectivity index (χ1n) is 8.05. The van der Waals surface area contributed by atoms with E-state index in [1.165, 1.54) is 18.0 Å².